The molecule has 4 atom stereocenters. The number of fused-ring (bicyclic) bond motifs is 2. The van der Waals surface area contributed by atoms with Gasteiger partial charge in [-0.3, -0.25) is 9.59 Å². The van der Waals surface area contributed by atoms with Crippen LogP contribution in [0, 0.1) is 23.7 Å². The van der Waals surface area contributed by atoms with Crippen molar-refractivity contribution in [3.8, 4) is 11.3 Å². The average molecular weight is 341 g/mol. The summed E-state index contributed by atoms with van der Waals surface area (Å²) in [5, 5.41) is 18.2. The van der Waals surface area contributed by atoms with E-state index < -0.39 is 17.8 Å². The largest absolute Gasteiger partial charge is 0.481 e. The third-order valence-electron chi connectivity index (χ3n) is 4.86. The highest BCUT2D eigenvalue weighted by Gasteiger charge is 2.51. The highest BCUT2D eigenvalue weighted by molar-refractivity contribution is 7.03. The fourth-order valence-electron chi connectivity index (χ4n) is 3.76. The Labute approximate surface area is 142 Å². The van der Waals surface area contributed by atoms with E-state index in [0.29, 0.717) is 5.69 Å². The summed E-state index contributed by atoms with van der Waals surface area (Å²) in [4.78, 5) is 24.1. The van der Waals surface area contributed by atoms with Crippen LogP contribution in [0.1, 0.15) is 6.42 Å². The lowest BCUT2D eigenvalue weighted by Crippen LogP contribution is -2.36. The van der Waals surface area contributed by atoms with E-state index in [9.17, 15) is 14.7 Å². The summed E-state index contributed by atoms with van der Waals surface area (Å²) < 4.78 is 3.83. The molecule has 2 aromatic rings. The molecular formula is C17H15N3O3S. The molecule has 1 saturated carbocycles. The molecule has 1 aromatic carbocycles. The van der Waals surface area contributed by atoms with Gasteiger partial charge in [-0.1, -0.05) is 28.8 Å². The molecule has 1 heterocycles. The lowest BCUT2D eigenvalue weighted by Gasteiger charge is -2.23. The van der Waals surface area contributed by atoms with Crippen molar-refractivity contribution in [1.82, 2.24) is 9.59 Å². The van der Waals surface area contributed by atoms with Crippen molar-refractivity contribution < 1.29 is 14.7 Å². The molecular weight excluding hydrogens is 326 g/mol. The lowest BCUT2D eigenvalue weighted by atomic mass is 9.82. The number of anilines is 1. The molecule has 6 nitrogen and oxygen atoms in total. The van der Waals surface area contributed by atoms with Crippen molar-refractivity contribution in [1.29, 1.82) is 0 Å². The number of benzene rings is 1. The number of carboxylic acid groups (broad SMARTS) is 1. The van der Waals surface area contributed by atoms with Gasteiger partial charge < -0.3 is 10.4 Å². The molecule has 1 fully saturated rings. The highest BCUT2D eigenvalue weighted by atomic mass is 32.1. The molecule has 0 saturated heterocycles. The zero-order chi connectivity index (χ0) is 16.7. The Bertz CT molecular complexity index is 801. The van der Waals surface area contributed by atoms with E-state index >= 15 is 0 Å². The van der Waals surface area contributed by atoms with Crippen molar-refractivity contribution in [2.45, 2.75) is 6.42 Å². The second-order valence-electron chi connectivity index (χ2n) is 6.19. The molecule has 1 amide bonds. The summed E-state index contributed by atoms with van der Waals surface area (Å²) in [7, 11) is 0. The molecule has 7 heteroatoms. The van der Waals surface area contributed by atoms with Gasteiger partial charge in [-0.25, -0.2) is 0 Å². The number of carbonyl (C=O) groups is 2. The standard InChI is InChI=1S/C17H15N3O3S/c21-16(14-10-1-2-11(7-10)15(14)17(22)23)18-12-5-3-9(4-6-12)13-8-24-20-19-13/h1-6,8,10-11,14-15H,7H2,(H,18,21)(H,22,23)/t10-,11-,14+,15+/m0/s1. The monoisotopic (exact) mass is 341 g/mol. The van der Waals surface area contributed by atoms with Crippen molar-refractivity contribution in [3.05, 3.63) is 41.8 Å². The topological polar surface area (TPSA) is 92.2 Å². The number of rotatable bonds is 4. The number of hydrogen-bond donors (Lipinski definition) is 2. The highest BCUT2D eigenvalue weighted by Crippen LogP contribution is 2.48. The van der Waals surface area contributed by atoms with E-state index in [2.05, 4.69) is 14.9 Å². The first-order valence-corrected chi connectivity index (χ1v) is 8.56. The molecule has 0 unspecified atom stereocenters. The van der Waals surface area contributed by atoms with Crippen molar-refractivity contribution in [2.75, 3.05) is 5.32 Å². The van der Waals surface area contributed by atoms with Crippen molar-refractivity contribution >= 4 is 29.1 Å². The van der Waals surface area contributed by atoms with Gasteiger partial charge in [0.15, 0.2) is 0 Å². The zero-order valence-corrected chi connectivity index (χ0v) is 13.4. The number of carbonyl (C=O) groups excluding carboxylic acids is 1. The molecule has 2 aliphatic carbocycles. The predicted octanol–water partition coefficient (Wildman–Crippen LogP) is 2.67. The number of nitrogens with one attached hydrogen (secondary N) is 1. The van der Waals surface area contributed by atoms with Gasteiger partial charge >= 0.3 is 5.97 Å². The van der Waals surface area contributed by atoms with Crippen LogP contribution in [0.5, 0.6) is 0 Å². The number of aromatic nitrogens is 2. The number of aliphatic carboxylic acids is 1. The molecule has 24 heavy (non-hydrogen) atoms. The minimum Gasteiger partial charge on any atom is -0.481 e. The Hall–Kier alpha value is -2.54. The molecule has 4 rings (SSSR count). The first-order valence-electron chi connectivity index (χ1n) is 7.73. The van der Waals surface area contributed by atoms with Crippen molar-refractivity contribution in [3.63, 3.8) is 0 Å². The van der Waals surface area contributed by atoms with Crippen LogP contribution in [0.3, 0.4) is 0 Å². The van der Waals surface area contributed by atoms with E-state index in [0.717, 1.165) is 17.7 Å². The molecule has 122 valence electrons. The fraction of sp³-hybridized carbons (Fsp3) is 0.294. The Morgan fingerprint density at radius 3 is 2.46 bits per heavy atom. The second-order valence-corrected chi connectivity index (χ2v) is 6.80. The molecule has 2 N–H and O–H groups in total. The summed E-state index contributed by atoms with van der Waals surface area (Å²) in [6.07, 6.45) is 4.67. The second kappa shape index (κ2) is 5.83. The van der Waals surface area contributed by atoms with Crippen LogP contribution in [-0.4, -0.2) is 26.6 Å². The van der Waals surface area contributed by atoms with E-state index in [1.54, 1.807) is 12.1 Å². The minimum atomic E-state index is -0.890. The van der Waals surface area contributed by atoms with Crippen LogP contribution < -0.4 is 5.32 Å². The summed E-state index contributed by atoms with van der Waals surface area (Å²) in [5.74, 6) is -2.24. The van der Waals surface area contributed by atoms with E-state index in [1.165, 1.54) is 11.5 Å². The molecule has 1 aromatic heterocycles. The maximum Gasteiger partial charge on any atom is 0.307 e. The average Bonchev–Trinajstić information content (AvgIpc) is 3.31. The predicted molar refractivity (Wildman–Crippen MR) is 89.3 cm³/mol. The van der Waals surface area contributed by atoms with Gasteiger partial charge in [0, 0.05) is 16.6 Å². The van der Waals surface area contributed by atoms with Gasteiger partial charge in [-0.2, -0.15) is 0 Å². The van der Waals surface area contributed by atoms with Crippen molar-refractivity contribution in [2.24, 2.45) is 23.7 Å². The Kier molecular flexibility index (Phi) is 3.65. The summed E-state index contributed by atoms with van der Waals surface area (Å²) in [6.45, 7) is 0. The Morgan fingerprint density at radius 1 is 1.12 bits per heavy atom. The summed E-state index contributed by atoms with van der Waals surface area (Å²) in [6, 6.07) is 7.32. The molecule has 0 radical (unpaired) electrons. The molecule has 0 spiro atoms. The number of amides is 1. The maximum atomic E-state index is 12.6. The molecule has 2 aliphatic rings. The molecule has 0 aliphatic heterocycles. The third kappa shape index (κ3) is 2.50. The van der Waals surface area contributed by atoms with Gasteiger partial charge in [0.1, 0.15) is 5.69 Å². The number of hydrogen-bond acceptors (Lipinski definition) is 5. The SMILES string of the molecule is O=C(O)[C@H]1[C@H](C(=O)Nc2ccc(-c3csnn3)cc2)[C@H]2C=C[C@H]1C2. The summed E-state index contributed by atoms with van der Waals surface area (Å²) in [5.41, 5.74) is 2.37. The Morgan fingerprint density at radius 2 is 1.83 bits per heavy atom. The van der Waals surface area contributed by atoms with Gasteiger partial charge in [0.2, 0.25) is 5.91 Å². The number of nitrogens with zero attached hydrogens (tertiary/aromatic N) is 2. The van der Waals surface area contributed by atoms with E-state index in [1.807, 2.05) is 29.7 Å². The van der Waals surface area contributed by atoms with Crippen LogP contribution in [0.4, 0.5) is 5.69 Å². The zero-order valence-electron chi connectivity index (χ0n) is 12.6. The number of allylic oxidation sites excluding steroid dienone is 2. The van der Waals surface area contributed by atoms with Crippen LogP contribution in [0.25, 0.3) is 11.3 Å². The lowest BCUT2D eigenvalue weighted by molar-refractivity contribution is -0.146. The van der Waals surface area contributed by atoms with Crippen LogP contribution in [0.15, 0.2) is 41.8 Å². The first-order chi connectivity index (χ1) is 11.6. The molecule has 2 bridgehead atoms. The van der Waals surface area contributed by atoms with Crippen LogP contribution in [-0.2, 0) is 9.59 Å². The van der Waals surface area contributed by atoms with E-state index in [4.69, 9.17) is 0 Å². The van der Waals surface area contributed by atoms with Crippen LogP contribution >= 0.6 is 11.5 Å². The maximum absolute atomic E-state index is 12.6. The van der Waals surface area contributed by atoms with Gasteiger partial charge in [0.25, 0.3) is 0 Å². The Balaban J connectivity index is 1.50. The fourth-order valence-corrected chi connectivity index (χ4v) is 4.22. The smallest absolute Gasteiger partial charge is 0.307 e. The van der Waals surface area contributed by atoms with Gasteiger partial charge in [-0.15, -0.1) is 5.10 Å². The number of carboxylic acids is 1. The quantitative estimate of drug-likeness (QED) is 0.834. The van der Waals surface area contributed by atoms with Crippen LogP contribution in [0.2, 0.25) is 0 Å². The third-order valence-corrected chi connectivity index (χ3v) is 5.36. The minimum absolute atomic E-state index is 0.0245. The normalized spacial score (nSPS) is 27.3. The summed E-state index contributed by atoms with van der Waals surface area (Å²) >= 11 is 1.28. The van der Waals surface area contributed by atoms with Gasteiger partial charge in [-0.05, 0) is 41.9 Å². The first kappa shape index (κ1) is 15.0. The van der Waals surface area contributed by atoms with E-state index in [-0.39, 0.29) is 17.7 Å². The van der Waals surface area contributed by atoms with Gasteiger partial charge in [0.05, 0.1) is 11.8 Å².